The first-order valence-corrected chi connectivity index (χ1v) is 21.6. The van der Waals surface area contributed by atoms with E-state index in [4.69, 9.17) is 0 Å². The molecule has 2 nitrogen and oxygen atoms in total. The molecule has 0 bridgehead atoms. The van der Waals surface area contributed by atoms with E-state index in [1.165, 1.54) is 86.1 Å². The minimum absolute atomic E-state index is 1.08. The lowest BCUT2D eigenvalue weighted by atomic mass is 9.98. The molecule has 12 rings (SSSR count). The van der Waals surface area contributed by atoms with Crippen molar-refractivity contribution in [1.29, 1.82) is 0 Å². The molecule has 10 aromatic carbocycles. The summed E-state index contributed by atoms with van der Waals surface area (Å²) in [7, 11) is 0. The Hall–Kier alpha value is -7.72. The Morgan fingerprint density at radius 1 is 0.328 bits per heavy atom. The maximum absolute atomic E-state index is 2.45. The van der Waals surface area contributed by atoms with Crippen molar-refractivity contribution in [3.63, 3.8) is 0 Å². The normalized spacial score (nSPS) is 11.6. The minimum atomic E-state index is 1.08. The molecule has 0 amide bonds. The minimum Gasteiger partial charge on any atom is -0.308 e. The van der Waals surface area contributed by atoms with Gasteiger partial charge in [-0.25, -0.2) is 0 Å². The Kier molecular flexibility index (Phi) is 8.39. The van der Waals surface area contributed by atoms with Crippen LogP contribution in [0.4, 0.5) is 17.1 Å². The lowest BCUT2D eigenvalue weighted by Gasteiger charge is -2.30. The zero-order valence-corrected chi connectivity index (χ0v) is 34.1. The molecule has 0 fully saturated rings. The van der Waals surface area contributed by atoms with E-state index in [9.17, 15) is 0 Å². The number of fused-ring (bicyclic) bond motifs is 7. The molecule has 0 aliphatic rings. The third-order valence-electron chi connectivity index (χ3n) is 12.2. The van der Waals surface area contributed by atoms with Crippen molar-refractivity contribution in [3.05, 3.63) is 231 Å². The Morgan fingerprint density at radius 3 is 1.61 bits per heavy atom. The van der Waals surface area contributed by atoms with Crippen LogP contribution in [0.15, 0.2) is 231 Å². The summed E-state index contributed by atoms with van der Waals surface area (Å²) in [6.45, 7) is 0. The van der Waals surface area contributed by atoms with Crippen LogP contribution in [0.1, 0.15) is 0 Å². The Morgan fingerprint density at radius 2 is 0.852 bits per heavy atom. The second-order valence-electron chi connectivity index (χ2n) is 15.7. The number of thiophene rings is 1. The first-order chi connectivity index (χ1) is 30.2. The number of hydrogen-bond donors (Lipinski definition) is 0. The monoisotopic (exact) mass is 794 g/mol. The third-order valence-corrected chi connectivity index (χ3v) is 13.3. The van der Waals surface area contributed by atoms with E-state index >= 15 is 0 Å². The number of nitrogens with zero attached hydrogens (tertiary/aromatic N) is 2. The number of benzene rings is 10. The van der Waals surface area contributed by atoms with E-state index in [1.54, 1.807) is 0 Å². The van der Waals surface area contributed by atoms with Gasteiger partial charge in [0.25, 0.3) is 0 Å². The van der Waals surface area contributed by atoms with Crippen LogP contribution in [0.2, 0.25) is 0 Å². The van der Waals surface area contributed by atoms with Crippen molar-refractivity contribution in [2.75, 3.05) is 4.90 Å². The van der Waals surface area contributed by atoms with Crippen LogP contribution < -0.4 is 4.90 Å². The summed E-state index contributed by atoms with van der Waals surface area (Å²) < 4.78 is 5.04. The number of anilines is 3. The lowest BCUT2D eigenvalue weighted by Crippen LogP contribution is -2.14. The average molecular weight is 795 g/mol. The fourth-order valence-electron chi connectivity index (χ4n) is 9.27. The predicted octanol–water partition coefficient (Wildman–Crippen LogP) is 16.8. The van der Waals surface area contributed by atoms with E-state index in [-0.39, 0.29) is 0 Å². The average Bonchev–Trinajstić information content (AvgIpc) is 3.88. The van der Waals surface area contributed by atoms with Crippen molar-refractivity contribution >= 4 is 81.1 Å². The molecule has 0 saturated heterocycles. The van der Waals surface area contributed by atoms with Crippen molar-refractivity contribution in [2.45, 2.75) is 0 Å². The summed E-state index contributed by atoms with van der Waals surface area (Å²) in [5, 5.41) is 7.62. The van der Waals surface area contributed by atoms with E-state index in [0.717, 1.165) is 22.7 Å². The third kappa shape index (κ3) is 6.01. The number of rotatable bonds is 7. The summed E-state index contributed by atoms with van der Waals surface area (Å²) in [6, 6.07) is 84.3. The van der Waals surface area contributed by atoms with Crippen LogP contribution in [0.3, 0.4) is 0 Å². The second kappa shape index (κ2) is 14.5. The Bertz CT molecular complexity index is 3540. The highest BCUT2D eigenvalue weighted by molar-refractivity contribution is 7.25. The van der Waals surface area contributed by atoms with Crippen LogP contribution in [0.5, 0.6) is 0 Å². The first kappa shape index (κ1) is 35.2. The standard InChI is InChI=1S/C58H38N2S/c1-2-14-43-37-44(30-29-39(43)13-1)42-27-25-40(26-28-42)41-31-34-46(35-32-41)59(52-19-7-3-15-47(52)45-33-36-51-50-18-6-12-24-57(50)61-58(51)38-45)55-22-10-11-23-56(55)60-53-20-8-4-16-48(53)49-17-5-9-21-54(49)60/h1-38H. The second-order valence-corrected chi connectivity index (χ2v) is 16.8. The molecule has 0 radical (unpaired) electrons. The van der Waals surface area contributed by atoms with Crippen LogP contribution in [-0.2, 0) is 0 Å². The fourth-order valence-corrected chi connectivity index (χ4v) is 10.4. The zero-order chi connectivity index (χ0) is 40.3. The molecule has 0 spiro atoms. The molecule has 0 atom stereocenters. The number of para-hydroxylation sites is 5. The molecular weight excluding hydrogens is 757 g/mol. The highest BCUT2D eigenvalue weighted by Gasteiger charge is 2.23. The topological polar surface area (TPSA) is 8.17 Å². The van der Waals surface area contributed by atoms with Gasteiger partial charge in [0.15, 0.2) is 0 Å². The molecule has 0 N–H and O–H groups in total. The van der Waals surface area contributed by atoms with Gasteiger partial charge in [-0.3, -0.25) is 0 Å². The Labute approximate surface area is 358 Å². The molecule has 12 aromatic rings. The van der Waals surface area contributed by atoms with Crippen LogP contribution in [0.25, 0.3) is 91.8 Å². The van der Waals surface area contributed by atoms with Crippen molar-refractivity contribution in [2.24, 2.45) is 0 Å². The first-order valence-electron chi connectivity index (χ1n) is 20.8. The molecule has 0 unspecified atom stereocenters. The molecule has 61 heavy (non-hydrogen) atoms. The number of aromatic nitrogens is 1. The van der Waals surface area contributed by atoms with E-state index in [2.05, 4.69) is 240 Å². The van der Waals surface area contributed by atoms with Crippen molar-refractivity contribution in [3.8, 4) is 39.1 Å². The molecule has 2 aromatic heterocycles. The number of hydrogen-bond acceptors (Lipinski definition) is 2. The van der Waals surface area contributed by atoms with Gasteiger partial charge in [-0.05, 0) is 99.3 Å². The van der Waals surface area contributed by atoms with Gasteiger partial charge in [-0.2, -0.15) is 0 Å². The zero-order valence-electron chi connectivity index (χ0n) is 33.2. The molecule has 0 aliphatic heterocycles. The smallest absolute Gasteiger partial charge is 0.0702 e. The predicted molar refractivity (Wildman–Crippen MR) is 262 cm³/mol. The van der Waals surface area contributed by atoms with Crippen molar-refractivity contribution in [1.82, 2.24) is 4.57 Å². The summed E-state index contributed by atoms with van der Waals surface area (Å²) in [5.41, 5.74) is 13.9. The summed E-state index contributed by atoms with van der Waals surface area (Å²) in [4.78, 5) is 2.45. The van der Waals surface area contributed by atoms with Crippen LogP contribution in [-0.4, -0.2) is 4.57 Å². The van der Waals surface area contributed by atoms with Crippen LogP contribution in [0, 0.1) is 0 Å². The van der Waals surface area contributed by atoms with Gasteiger partial charge in [-0.15, -0.1) is 11.3 Å². The molecule has 286 valence electrons. The summed E-state index contributed by atoms with van der Waals surface area (Å²) in [6.07, 6.45) is 0. The van der Waals surface area contributed by atoms with Gasteiger partial charge in [0.2, 0.25) is 0 Å². The highest BCUT2D eigenvalue weighted by atomic mass is 32.1. The maximum Gasteiger partial charge on any atom is 0.0702 e. The van der Waals surface area contributed by atoms with Gasteiger partial charge in [-0.1, -0.05) is 170 Å². The maximum atomic E-state index is 2.45. The summed E-state index contributed by atoms with van der Waals surface area (Å²) >= 11 is 1.86. The highest BCUT2D eigenvalue weighted by Crippen LogP contribution is 2.46. The Balaban J connectivity index is 1.01. The molecule has 0 saturated carbocycles. The quantitative estimate of drug-likeness (QED) is 0.156. The molecule has 2 heterocycles. The van der Waals surface area contributed by atoms with Gasteiger partial charge >= 0.3 is 0 Å². The summed E-state index contributed by atoms with van der Waals surface area (Å²) in [5.74, 6) is 0. The van der Waals surface area contributed by atoms with E-state index in [0.29, 0.717) is 0 Å². The molecule has 0 aliphatic carbocycles. The molecule has 3 heteroatoms. The SMILES string of the molecule is c1ccc(N(c2ccc(-c3ccc(-c4ccc5ccccc5c4)cc3)cc2)c2ccccc2-n2c3ccccc3c3ccccc32)c(-c2ccc3c(c2)sc2ccccc23)c1. The van der Waals surface area contributed by atoms with E-state index < -0.39 is 0 Å². The van der Waals surface area contributed by atoms with Crippen molar-refractivity contribution < 1.29 is 0 Å². The van der Waals surface area contributed by atoms with Crippen LogP contribution >= 0.6 is 11.3 Å². The van der Waals surface area contributed by atoms with E-state index in [1.807, 2.05) is 11.3 Å². The largest absolute Gasteiger partial charge is 0.308 e. The lowest BCUT2D eigenvalue weighted by molar-refractivity contribution is 1.15. The molecular formula is C58H38N2S. The fraction of sp³-hybridized carbons (Fsp3) is 0. The van der Waals surface area contributed by atoms with Gasteiger partial charge in [0.1, 0.15) is 0 Å². The van der Waals surface area contributed by atoms with Gasteiger partial charge < -0.3 is 9.47 Å². The van der Waals surface area contributed by atoms with Gasteiger partial charge in [0.05, 0.1) is 28.1 Å². The van der Waals surface area contributed by atoms with Gasteiger partial charge in [0, 0.05) is 42.2 Å².